The van der Waals surface area contributed by atoms with Crippen molar-refractivity contribution < 1.29 is 4.39 Å². The van der Waals surface area contributed by atoms with Crippen molar-refractivity contribution in [1.82, 2.24) is 10.2 Å². The maximum absolute atomic E-state index is 13.1. The highest BCUT2D eigenvalue weighted by molar-refractivity contribution is 5.22. The smallest absolute Gasteiger partial charge is 0.123 e. The molecule has 2 nitrogen and oxygen atoms in total. The summed E-state index contributed by atoms with van der Waals surface area (Å²) in [5.74, 6) is 0.609. The van der Waals surface area contributed by atoms with Crippen molar-refractivity contribution in [2.45, 2.75) is 44.6 Å². The minimum Gasteiger partial charge on any atom is -0.308 e. The Morgan fingerprint density at radius 3 is 2.33 bits per heavy atom. The van der Waals surface area contributed by atoms with Crippen molar-refractivity contribution in [1.29, 1.82) is 0 Å². The molecular formula is C18H27FN2. The van der Waals surface area contributed by atoms with Crippen molar-refractivity contribution in [3.05, 3.63) is 35.6 Å². The number of likely N-dealkylation sites (tertiary alicyclic amines) is 1. The van der Waals surface area contributed by atoms with Gasteiger partial charge in [-0.05, 0) is 62.4 Å². The molecule has 0 bridgehead atoms. The van der Waals surface area contributed by atoms with E-state index < -0.39 is 0 Å². The van der Waals surface area contributed by atoms with Gasteiger partial charge in [0.25, 0.3) is 0 Å². The van der Waals surface area contributed by atoms with E-state index >= 15 is 0 Å². The molecule has 0 aromatic heterocycles. The SMILES string of the molecule is Fc1ccc(C(NCCN2CCCCCC2)C2CC2)cc1. The quantitative estimate of drug-likeness (QED) is 0.858. The van der Waals surface area contributed by atoms with Crippen molar-refractivity contribution in [3.63, 3.8) is 0 Å². The van der Waals surface area contributed by atoms with Crippen LogP contribution in [0.25, 0.3) is 0 Å². The highest BCUT2D eigenvalue weighted by Gasteiger charge is 2.31. The van der Waals surface area contributed by atoms with Crippen LogP contribution in [0.15, 0.2) is 24.3 Å². The lowest BCUT2D eigenvalue weighted by atomic mass is 10.0. The van der Waals surface area contributed by atoms with E-state index in [0.717, 1.165) is 19.0 Å². The van der Waals surface area contributed by atoms with E-state index in [4.69, 9.17) is 0 Å². The summed E-state index contributed by atoms with van der Waals surface area (Å²) >= 11 is 0. The van der Waals surface area contributed by atoms with Gasteiger partial charge in [-0.25, -0.2) is 4.39 Å². The summed E-state index contributed by atoms with van der Waals surface area (Å²) in [6.07, 6.45) is 8.10. The zero-order valence-electron chi connectivity index (χ0n) is 12.9. The summed E-state index contributed by atoms with van der Waals surface area (Å²) in [6.45, 7) is 4.70. The molecule has 0 radical (unpaired) electrons. The first-order valence-corrected chi connectivity index (χ1v) is 8.54. The molecule has 1 aliphatic carbocycles. The van der Waals surface area contributed by atoms with Crippen LogP contribution in [0.3, 0.4) is 0 Å². The normalized spacial score (nSPS) is 22.0. The zero-order valence-corrected chi connectivity index (χ0v) is 12.9. The molecule has 1 saturated carbocycles. The van der Waals surface area contributed by atoms with E-state index in [9.17, 15) is 4.39 Å². The summed E-state index contributed by atoms with van der Waals surface area (Å²) in [4.78, 5) is 2.59. The maximum atomic E-state index is 13.1. The van der Waals surface area contributed by atoms with Crippen molar-refractivity contribution in [2.24, 2.45) is 5.92 Å². The Balaban J connectivity index is 1.50. The monoisotopic (exact) mass is 290 g/mol. The van der Waals surface area contributed by atoms with Crippen LogP contribution in [-0.2, 0) is 0 Å². The average molecular weight is 290 g/mol. The second-order valence-corrected chi connectivity index (χ2v) is 6.58. The van der Waals surface area contributed by atoms with Gasteiger partial charge < -0.3 is 10.2 Å². The van der Waals surface area contributed by atoms with E-state index in [1.165, 1.54) is 57.2 Å². The van der Waals surface area contributed by atoms with Crippen molar-refractivity contribution >= 4 is 0 Å². The van der Waals surface area contributed by atoms with Crippen LogP contribution in [0.1, 0.15) is 50.1 Å². The molecule has 1 atom stereocenters. The second kappa shape index (κ2) is 7.37. The van der Waals surface area contributed by atoms with Crippen LogP contribution < -0.4 is 5.32 Å². The molecule has 116 valence electrons. The van der Waals surface area contributed by atoms with Crippen LogP contribution in [0, 0.1) is 11.7 Å². The second-order valence-electron chi connectivity index (χ2n) is 6.58. The van der Waals surface area contributed by atoms with E-state index in [1.54, 1.807) is 12.1 Å². The largest absolute Gasteiger partial charge is 0.308 e. The molecule has 0 spiro atoms. The van der Waals surface area contributed by atoms with Crippen molar-refractivity contribution in [2.75, 3.05) is 26.2 Å². The number of halogens is 1. The summed E-state index contributed by atoms with van der Waals surface area (Å²) in [5, 5.41) is 3.72. The van der Waals surface area contributed by atoms with Gasteiger partial charge in [0.1, 0.15) is 5.82 Å². The van der Waals surface area contributed by atoms with Gasteiger partial charge in [-0.3, -0.25) is 0 Å². The van der Waals surface area contributed by atoms with Gasteiger partial charge in [0.05, 0.1) is 0 Å². The topological polar surface area (TPSA) is 15.3 Å². The van der Waals surface area contributed by atoms with Gasteiger partial charge >= 0.3 is 0 Å². The number of benzene rings is 1. The van der Waals surface area contributed by atoms with Gasteiger partial charge in [0.15, 0.2) is 0 Å². The number of nitrogens with one attached hydrogen (secondary N) is 1. The lowest BCUT2D eigenvalue weighted by Crippen LogP contribution is -2.35. The predicted octanol–water partition coefficient (Wildman–Crippen LogP) is 3.74. The Hall–Kier alpha value is -0.930. The molecule has 0 amide bonds. The van der Waals surface area contributed by atoms with Crippen molar-refractivity contribution in [3.8, 4) is 0 Å². The molecule has 3 heteroatoms. The molecule has 2 aliphatic rings. The fourth-order valence-electron chi connectivity index (χ4n) is 3.39. The fraction of sp³-hybridized carbons (Fsp3) is 0.667. The van der Waals surface area contributed by atoms with Gasteiger partial charge in [-0.2, -0.15) is 0 Å². The van der Waals surface area contributed by atoms with E-state index in [1.807, 2.05) is 12.1 Å². The first kappa shape index (κ1) is 15.0. The first-order valence-electron chi connectivity index (χ1n) is 8.54. The molecule has 1 N–H and O–H groups in total. The molecule has 1 unspecified atom stereocenters. The standard InChI is InChI=1S/C18H27FN2/c19-17-9-7-16(8-10-17)18(15-5-6-15)20-11-14-21-12-3-1-2-4-13-21/h7-10,15,18,20H,1-6,11-14H2. The maximum Gasteiger partial charge on any atom is 0.123 e. The molecule has 1 aliphatic heterocycles. The summed E-state index contributed by atoms with van der Waals surface area (Å²) < 4.78 is 13.1. The van der Waals surface area contributed by atoms with Crippen LogP contribution in [0.4, 0.5) is 4.39 Å². The third-order valence-electron chi connectivity index (χ3n) is 4.81. The lowest BCUT2D eigenvalue weighted by molar-refractivity contribution is 0.276. The van der Waals surface area contributed by atoms with Gasteiger partial charge in [0, 0.05) is 19.1 Å². The van der Waals surface area contributed by atoms with Crippen LogP contribution in [-0.4, -0.2) is 31.1 Å². The Morgan fingerprint density at radius 1 is 1.05 bits per heavy atom. The van der Waals surface area contributed by atoms with Crippen LogP contribution in [0.5, 0.6) is 0 Å². The van der Waals surface area contributed by atoms with E-state index in [0.29, 0.717) is 6.04 Å². The lowest BCUT2D eigenvalue weighted by Gasteiger charge is -2.23. The van der Waals surface area contributed by atoms with E-state index in [-0.39, 0.29) is 5.82 Å². The average Bonchev–Trinajstić information content (AvgIpc) is 3.33. The highest BCUT2D eigenvalue weighted by atomic mass is 19.1. The van der Waals surface area contributed by atoms with Gasteiger partial charge in [-0.1, -0.05) is 25.0 Å². The number of nitrogens with zero attached hydrogens (tertiary/aromatic N) is 1. The third-order valence-corrected chi connectivity index (χ3v) is 4.81. The zero-order chi connectivity index (χ0) is 14.5. The number of rotatable bonds is 6. The number of hydrogen-bond acceptors (Lipinski definition) is 2. The molecular weight excluding hydrogens is 263 g/mol. The van der Waals surface area contributed by atoms with Crippen LogP contribution >= 0.6 is 0 Å². The molecule has 1 aromatic rings. The predicted molar refractivity (Wildman–Crippen MR) is 84.8 cm³/mol. The van der Waals surface area contributed by atoms with E-state index in [2.05, 4.69) is 10.2 Å². The Kier molecular flexibility index (Phi) is 5.26. The summed E-state index contributed by atoms with van der Waals surface area (Å²) in [7, 11) is 0. The summed E-state index contributed by atoms with van der Waals surface area (Å²) in [6, 6.07) is 7.47. The Bertz CT molecular complexity index is 419. The molecule has 21 heavy (non-hydrogen) atoms. The molecule has 3 rings (SSSR count). The minimum absolute atomic E-state index is 0.141. The number of hydrogen-bond donors (Lipinski definition) is 1. The Morgan fingerprint density at radius 2 is 1.71 bits per heavy atom. The van der Waals surface area contributed by atoms with Gasteiger partial charge in [-0.15, -0.1) is 0 Å². The summed E-state index contributed by atoms with van der Waals surface area (Å²) in [5.41, 5.74) is 1.25. The molecule has 1 heterocycles. The molecule has 2 fully saturated rings. The van der Waals surface area contributed by atoms with Gasteiger partial charge in [0.2, 0.25) is 0 Å². The fourth-order valence-corrected chi connectivity index (χ4v) is 3.39. The van der Waals surface area contributed by atoms with Crippen LogP contribution in [0.2, 0.25) is 0 Å². The third kappa shape index (κ3) is 4.52. The minimum atomic E-state index is -0.141. The first-order chi connectivity index (χ1) is 10.3. The molecule has 1 saturated heterocycles. The Labute approximate surface area is 127 Å². The molecule has 1 aromatic carbocycles. The highest BCUT2D eigenvalue weighted by Crippen LogP contribution is 2.40.